The topological polar surface area (TPSA) is 51.0 Å². The van der Waals surface area contributed by atoms with Gasteiger partial charge in [-0.2, -0.15) is 4.98 Å². The Labute approximate surface area is 171 Å². The molecule has 2 aliphatic carbocycles. The zero-order valence-electron chi connectivity index (χ0n) is 16.4. The number of fused-ring (bicyclic) bond motifs is 4. The molecule has 2 atom stereocenters. The molecule has 2 aromatic rings. The number of carbonyl (C=O) groups is 1. The van der Waals surface area contributed by atoms with E-state index in [9.17, 15) is 4.79 Å². The van der Waals surface area contributed by atoms with E-state index >= 15 is 0 Å². The molecule has 0 radical (unpaired) electrons. The molecule has 1 aromatic heterocycles. The van der Waals surface area contributed by atoms with Gasteiger partial charge in [-0.25, -0.2) is 4.68 Å². The molecular formula is C22H27ClN4O. The number of benzene rings is 1. The average Bonchev–Trinajstić information content (AvgIpc) is 3.15. The van der Waals surface area contributed by atoms with Crippen molar-refractivity contribution in [1.82, 2.24) is 14.8 Å². The van der Waals surface area contributed by atoms with Crippen molar-refractivity contribution in [1.29, 1.82) is 0 Å². The summed E-state index contributed by atoms with van der Waals surface area (Å²) in [5.41, 5.74) is 0.964. The van der Waals surface area contributed by atoms with Crippen LogP contribution in [0.15, 0.2) is 24.3 Å². The minimum absolute atomic E-state index is 0.0162. The molecule has 6 heteroatoms. The second-order valence-electron chi connectivity index (χ2n) is 8.67. The fourth-order valence-corrected chi connectivity index (χ4v) is 6.08. The molecule has 0 bridgehead atoms. The fourth-order valence-electron chi connectivity index (χ4n) is 5.95. The van der Waals surface area contributed by atoms with E-state index in [-0.39, 0.29) is 17.5 Å². The first kappa shape index (κ1) is 18.2. The maximum absolute atomic E-state index is 12.7. The first-order chi connectivity index (χ1) is 13.6. The second kappa shape index (κ2) is 6.87. The van der Waals surface area contributed by atoms with E-state index in [4.69, 9.17) is 21.7 Å². The van der Waals surface area contributed by atoms with E-state index < -0.39 is 0 Å². The number of hydrogen-bond donors (Lipinski definition) is 0. The molecule has 2 unspecified atom stereocenters. The smallest absolute Gasteiger partial charge is 0.231 e. The van der Waals surface area contributed by atoms with Crippen molar-refractivity contribution in [3.05, 3.63) is 29.3 Å². The van der Waals surface area contributed by atoms with Crippen LogP contribution in [0.4, 0.5) is 5.95 Å². The van der Waals surface area contributed by atoms with E-state index in [0.29, 0.717) is 16.8 Å². The molecule has 2 fully saturated rings. The lowest BCUT2D eigenvalue weighted by Gasteiger charge is -2.55. The first-order valence-corrected chi connectivity index (χ1v) is 11.0. The summed E-state index contributed by atoms with van der Waals surface area (Å²) >= 11 is 6.07. The Morgan fingerprint density at radius 3 is 2.50 bits per heavy atom. The summed E-state index contributed by atoms with van der Waals surface area (Å²) in [5.74, 6) is 2.01. The van der Waals surface area contributed by atoms with Crippen LogP contribution in [-0.4, -0.2) is 26.7 Å². The molecule has 1 spiro atoms. The van der Waals surface area contributed by atoms with Gasteiger partial charge in [0.05, 0.1) is 5.54 Å². The lowest BCUT2D eigenvalue weighted by Crippen LogP contribution is -2.61. The largest absolute Gasteiger partial charge is 0.278 e. The van der Waals surface area contributed by atoms with Gasteiger partial charge in [-0.05, 0) is 49.9 Å². The number of rotatable bonds is 1. The number of amides is 1. The number of carbonyl (C=O) groups excluding carboxylic acids is 1. The summed E-state index contributed by atoms with van der Waals surface area (Å²) in [5, 5.41) is 5.72. The molecular weight excluding hydrogens is 372 g/mol. The Hall–Kier alpha value is -1.88. The van der Waals surface area contributed by atoms with Crippen LogP contribution in [-0.2, 0) is 10.3 Å². The fraction of sp³-hybridized carbons (Fsp3) is 0.591. The van der Waals surface area contributed by atoms with E-state index in [1.165, 1.54) is 38.5 Å². The van der Waals surface area contributed by atoms with Gasteiger partial charge in [0.25, 0.3) is 0 Å². The van der Waals surface area contributed by atoms with E-state index in [1.54, 1.807) is 6.92 Å². The molecule has 1 amide bonds. The van der Waals surface area contributed by atoms with Crippen LogP contribution in [0.5, 0.6) is 0 Å². The molecule has 5 nitrogen and oxygen atoms in total. The highest BCUT2D eigenvalue weighted by Crippen LogP contribution is 2.53. The highest BCUT2D eigenvalue weighted by Gasteiger charge is 2.54. The summed E-state index contributed by atoms with van der Waals surface area (Å²) in [7, 11) is 0. The number of halogens is 1. The zero-order chi connectivity index (χ0) is 19.3. The monoisotopic (exact) mass is 398 g/mol. The van der Waals surface area contributed by atoms with Crippen molar-refractivity contribution < 1.29 is 4.79 Å². The van der Waals surface area contributed by atoms with Gasteiger partial charge in [0.2, 0.25) is 11.9 Å². The van der Waals surface area contributed by atoms with Crippen molar-refractivity contribution >= 4 is 23.5 Å². The van der Waals surface area contributed by atoms with Gasteiger partial charge in [0.1, 0.15) is 0 Å². The molecule has 2 heterocycles. The Bertz CT molecular complexity index is 884. The van der Waals surface area contributed by atoms with Crippen molar-refractivity contribution in [3.8, 4) is 11.4 Å². The van der Waals surface area contributed by atoms with Crippen molar-refractivity contribution in [2.24, 2.45) is 5.92 Å². The number of nitrogens with zero attached hydrogens (tertiary/aromatic N) is 4. The van der Waals surface area contributed by atoms with Crippen molar-refractivity contribution in [2.75, 3.05) is 4.90 Å². The number of anilines is 1. The molecule has 3 aliphatic rings. The van der Waals surface area contributed by atoms with Gasteiger partial charge in [-0.15, -0.1) is 5.10 Å². The maximum Gasteiger partial charge on any atom is 0.231 e. The normalized spacial score (nSPS) is 26.0. The zero-order valence-corrected chi connectivity index (χ0v) is 17.2. The third kappa shape index (κ3) is 2.70. The quantitative estimate of drug-likeness (QED) is 0.664. The third-order valence-corrected chi connectivity index (χ3v) is 7.39. The van der Waals surface area contributed by atoms with Crippen molar-refractivity contribution in [3.63, 3.8) is 0 Å². The first-order valence-electron chi connectivity index (χ1n) is 10.6. The van der Waals surface area contributed by atoms with Gasteiger partial charge in [0, 0.05) is 29.5 Å². The average molecular weight is 399 g/mol. The Morgan fingerprint density at radius 1 is 1.07 bits per heavy atom. The highest BCUT2D eigenvalue weighted by atomic mass is 35.5. The van der Waals surface area contributed by atoms with Crippen LogP contribution in [0.1, 0.15) is 64.7 Å². The summed E-state index contributed by atoms with van der Waals surface area (Å²) in [6.45, 7) is 1.67. The van der Waals surface area contributed by atoms with E-state index in [2.05, 4.69) is 4.68 Å². The van der Waals surface area contributed by atoms with Crippen LogP contribution in [0.25, 0.3) is 11.4 Å². The minimum atomic E-state index is 0.0162. The Balaban J connectivity index is 1.69. The van der Waals surface area contributed by atoms with Crippen LogP contribution in [0, 0.1) is 5.92 Å². The predicted octanol–water partition coefficient (Wildman–Crippen LogP) is 5.18. The second-order valence-corrected chi connectivity index (χ2v) is 9.10. The molecule has 1 aliphatic heterocycles. The summed E-state index contributed by atoms with van der Waals surface area (Å²) < 4.78 is 2.16. The lowest BCUT2D eigenvalue weighted by atomic mass is 9.64. The van der Waals surface area contributed by atoms with Crippen LogP contribution in [0.3, 0.4) is 0 Å². The molecule has 0 N–H and O–H groups in total. The van der Waals surface area contributed by atoms with E-state index in [1.807, 2.05) is 29.2 Å². The predicted molar refractivity (Wildman–Crippen MR) is 110 cm³/mol. The molecule has 28 heavy (non-hydrogen) atoms. The Morgan fingerprint density at radius 2 is 1.79 bits per heavy atom. The minimum Gasteiger partial charge on any atom is -0.278 e. The van der Waals surface area contributed by atoms with Gasteiger partial charge in [-0.3, -0.25) is 9.69 Å². The van der Waals surface area contributed by atoms with E-state index in [0.717, 1.165) is 30.8 Å². The summed E-state index contributed by atoms with van der Waals surface area (Å²) in [6.07, 6.45) is 10.8. The molecule has 2 saturated carbocycles. The SMILES string of the molecule is CC(=O)N1c2nc(-c3ccc(Cl)cc3)nn2C2(CCCCC2)C2CCCCC21. The maximum atomic E-state index is 12.7. The molecule has 148 valence electrons. The summed E-state index contributed by atoms with van der Waals surface area (Å²) in [6, 6.07) is 7.93. The Kier molecular flexibility index (Phi) is 4.46. The van der Waals surface area contributed by atoms with Gasteiger partial charge < -0.3 is 0 Å². The molecule has 0 saturated heterocycles. The number of aromatic nitrogens is 3. The lowest BCUT2D eigenvalue weighted by molar-refractivity contribution is -0.118. The molecule has 5 rings (SSSR count). The van der Waals surface area contributed by atoms with Gasteiger partial charge >= 0.3 is 0 Å². The van der Waals surface area contributed by atoms with Gasteiger partial charge in [0.15, 0.2) is 5.82 Å². The third-order valence-electron chi connectivity index (χ3n) is 7.14. The van der Waals surface area contributed by atoms with Crippen LogP contribution >= 0.6 is 11.6 Å². The van der Waals surface area contributed by atoms with Crippen LogP contribution < -0.4 is 4.90 Å². The summed E-state index contributed by atoms with van der Waals surface area (Å²) in [4.78, 5) is 19.6. The highest BCUT2D eigenvalue weighted by molar-refractivity contribution is 6.30. The van der Waals surface area contributed by atoms with Crippen molar-refractivity contribution in [2.45, 2.75) is 76.3 Å². The van der Waals surface area contributed by atoms with Gasteiger partial charge in [-0.1, -0.05) is 43.7 Å². The number of hydrogen-bond acceptors (Lipinski definition) is 3. The molecule has 1 aromatic carbocycles. The van der Waals surface area contributed by atoms with Crippen LogP contribution in [0.2, 0.25) is 5.02 Å². The standard InChI is InChI=1S/C22H27ClN4O/c1-15(28)26-19-8-4-3-7-18(19)22(13-5-2-6-14-22)27-21(26)24-20(25-27)16-9-11-17(23)12-10-16/h9-12,18-19H,2-8,13-14H2,1H3.